The number of allylic oxidation sites excluding steroid dienone is 1. The van der Waals surface area contributed by atoms with E-state index in [0.29, 0.717) is 0 Å². The first-order valence-corrected chi connectivity index (χ1v) is 5.88. The number of fused-ring (bicyclic) bond motifs is 1. The van der Waals surface area contributed by atoms with E-state index >= 15 is 0 Å². The molecular weight excluding hydrogens is 224 g/mol. The first kappa shape index (κ1) is 12.4. The molecule has 0 saturated carbocycles. The quantitative estimate of drug-likeness (QED) is 0.762. The van der Waals surface area contributed by atoms with Gasteiger partial charge in [-0.05, 0) is 42.3 Å². The molecule has 18 heavy (non-hydrogen) atoms. The number of hydrogen-bond donors (Lipinski definition) is 0. The van der Waals surface area contributed by atoms with Crippen molar-refractivity contribution in [2.24, 2.45) is 0 Å². The van der Waals surface area contributed by atoms with E-state index in [1.54, 1.807) is 14.0 Å². The van der Waals surface area contributed by atoms with E-state index in [4.69, 9.17) is 4.74 Å². The molecule has 0 bridgehead atoms. The van der Waals surface area contributed by atoms with E-state index in [9.17, 15) is 4.79 Å². The van der Waals surface area contributed by atoms with Gasteiger partial charge in [0.2, 0.25) is 0 Å². The monoisotopic (exact) mass is 240 g/mol. The zero-order valence-corrected chi connectivity index (χ0v) is 10.9. The molecule has 0 amide bonds. The number of carbonyl (C=O) groups excluding carboxylic acids is 1. The Balaban J connectivity index is 2.73. The first-order valence-electron chi connectivity index (χ1n) is 5.88. The topological polar surface area (TPSA) is 26.3 Å². The van der Waals surface area contributed by atoms with E-state index < -0.39 is 0 Å². The van der Waals surface area contributed by atoms with Crippen molar-refractivity contribution in [2.75, 3.05) is 7.11 Å². The van der Waals surface area contributed by atoms with E-state index in [0.717, 1.165) is 27.7 Å². The lowest BCUT2D eigenvalue weighted by Gasteiger charge is -2.09. The average molecular weight is 240 g/mol. The summed E-state index contributed by atoms with van der Waals surface area (Å²) in [4.78, 5) is 11.4. The Hall–Kier alpha value is -2.09. The Morgan fingerprint density at radius 2 is 1.83 bits per heavy atom. The third-order valence-electron chi connectivity index (χ3n) is 3.07. The lowest BCUT2D eigenvalue weighted by molar-refractivity contribution is -0.113. The molecule has 92 valence electrons. The third kappa shape index (κ3) is 2.28. The molecule has 0 aliphatic heterocycles. The highest BCUT2D eigenvalue weighted by molar-refractivity contribution is 6.01. The van der Waals surface area contributed by atoms with E-state index in [2.05, 4.69) is 6.07 Å². The summed E-state index contributed by atoms with van der Waals surface area (Å²) in [6.07, 6.45) is 1.89. The highest BCUT2D eigenvalue weighted by atomic mass is 16.5. The lowest BCUT2D eigenvalue weighted by Crippen LogP contribution is -1.93. The van der Waals surface area contributed by atoms with Crippen LogP contribution in [0.1, 0.15) is 19.4 Å². The zero-order valence-electron chi connectivity index (χ0n) is 10.9. The fourth-order valence-corrected chi connectivity index (χ4v) is 1.92. The lowest BCUT2D eigenvalue weighted by atomic mass is 10.0. The molecular formula is C16H16O2. The van der Waals surface area contributed by atoms with E-state index in [-0.39, 0.29) is 5.78 Å². The van der Waals surface area contributed by atoms with Gasteiger partial charge in [-0.3, -0.25) is 4.79 Å². The Morgan fingerprint density at radius 3 is 2.50 bits per heavy atom. The van der Waals surface area contributed by atoms with Crippen LogP contribution in [0.3, 0.4) is 0 Å². The van der Waals surface area contributed by atoms with Crippen LogP contribution in [0, 0.1) is 0 Å². The minimum absolute atomic E-state index is 0.0741. The van der Waals surface area contributed by atoms with Crippen molar-refractivity contribution < 1.29 is 9.53 Å². The zero-order chi connectivity index (χ0) is 13.1. The molecule has 0 aliphatic rings. The molecule has 0 saturated heterocycles. The molecule has 0 N–H and O–H groups in total. The smallest absolute Gasteiger partial charge is 0.155 e. The molecule has 0 spiro atoms. The molecule has 0 unspecified atom stereocenters. The van der Waals surface area contributed by atoms with Crippen molar-refractivity contribution in [3.8, 4) is 5.75 Å². The summed E-state index contributed by atoms with van der Waals surface area (Å²) in [7, 11) is 1.64. The van der Waals surface area contributed by atoms with Gasteiger partial charge in [0, 0.05) is 5.56 Å². The van der Waals surface area contributed by atoms with Gasteiger partial charge in [0.25, 0.3) is 0 Å². The number of methoxy groups -OCH3 is 1. The predicted molar refractivity (Wildman–Crippen MR) is 74.8 cm³/mol. The number of ether oxygens (including phenoxy) is 1. The summed E-state index contributed by atoms with van der Waals surface area (Å²) in [5, 5.41) is 2.23. The number of carbonyl (C=O) groups is 1. The van der Waals surface area contributed by atoms with Crippen molar-refractivity contribution in [3.05, 3.63) is 47.5 Å². The van der Waals surface area contributed by atoms with Crippen molar-refractivity contribution in [3.63, 3.8) is 0 Å². The molecule has 0 fully saturated rings. The van der Waals surface area contributed by atoms with Gasteiger partial charge in [0.15, 0.2) is 5.78 Å². The van der Waals surface area contributed by atoms with Gasteiger partial charge in [-0.15, -0.1) is 0 Å². The summed E-state index contributed by atoms with van der Waals surface area (Å²) >= 11 is 0. The van der Waals surface area contributed by atoms with Crippen LogP contribution in [0.4, 0.5) is 0 Å². The minimum atomic E-state index is 0.0741. The second-order valence-electron chi connectivity index (χ2n) is 4.29. The van der Waals surface area contributed by atoms with Crippen LogP contribution in [0.25, 0.3) is 16.8 Å². The fraction of sp³-hybridized carbons (Fsp3) is 0.188. The van der Waals surface area contributed by atoms with Crippen LogP contribution >= 0.6 is 0 Å². The maximum Gasteiger partial charge on any atom is 0.155 e. The van der Waals surface area contributed by atoms with E-state index in [1.165, 1.54) is 0 Å². The second-order valence-corrected chi connectivity index (χ2v) is 4.29. The molecule has 2 aromatic carbocycles. The van der Waals surface area contributed by atoms with Gasteiger partial charge in [-0.2, -0.15) is 0 Å². The van der Waals surface area contributed by atoms with Gasteiger partial charge in [-0.1, -0.05) is 30.3 Å². The Kier molecular flexibility index (Phi) is 3.47. The second kappa shape index (κ2) is 5.05. The summed E-state index contributed by atoms with van der Waals surface area (Å²) in [5.74, 6) is 0.860. The number of hydrogen-bond acceptors (Lipinski definition) is 2. The number of ketones is 1. The van der Waals surface area contributed by atoms with Crippen LogP contribution in [0.15, 0.2) is 42.0 Å². The largest absolute Gasteiger partial charge is 0.496 e. The standard InChI is InChI=1S/C16H16O2/c1-11(12(2)17)10-15-14-7-5-4-6-13(14)8-9-16(15)18-3/h4-10H,1-3H3/b11-10-. The van der Waals surface area contributed by atoms with Crippen molar-refractivity contribution in [1.29, 1.82) is 0 Å². The molecule has 0 atom stereocenters. The number of rotatable bonds is 3. The van der Waals surface area contributed by atoms with Crippen molar-refractivity contribution in [1.82, 2.24) is 0 Å². The summed E-state index contributed by atoms with van der Waals surface area (Å²) in [5.41, 5.74) is 1.69. The van der Waals surface area contributed by atoms with Gasteiger partial charge in [-0.25, -0.2) is 0 Å². The highest BCUT2D eigenvalue weighted by Crippen LogP contribution is 2.30. The average Bonchev–Trinajstić information content (AvgIpc) is 2.39. The first-order chi connectivity index (χ1) is 8.63. The molecule has 2 heteroatoms. The minimum Gasteiger partial charge on any atom is -0.496 e. The number of Topliss-reactive ketones (excluding diaryl/α,β-unsaturated/α-hetero) is 1. The molecule has 0 heterocycles. The van der Waals surface area contributed by atoms with Gasteiger partial charge >= 0.3 is 0 Å². The van der Waals surface area contributed by atoms with Crippen LogP contribution in [-0.4, -0.2) is 12.9 Å². The predicted octanol–water partition coefficient (Wildman–Crippen LogP) is 3.84. The summed E-state index contributed by atoms with van der Waals surface area (Å²) in [6, 6.07) is 12.0. The normalized spacial score (nSPS) is 11.6. The van der Waals surface area contributed by atoms with Crippen molar-refractivity contribution in [2.45, 2.75) is 13.8 Å². The van der Waals surface area contributed by atoms with E-state index in [1.807, 2.05) is 43.3 Å². The van der Waals surface area contributed by atoms with Crippen LogP contribution in [0.2, 0.25) is 0 Å². The SMILES string of the molecule is COc1ccc2ccccc2c1/C=C(/C)C(C)=O. The number of benzene rings is 2. The van der Waals surface area contributed by atoms with Crippen LogP contribution in [0.5, 0.6) is 5.75 Å². The molecule has 0 aliphatic carbocycles. The van der Waals surface area contributed by atoms with Gasteiger partial charge in [0.05, 0.1) is 7.11 Å². The molecule has 0 radical (unpaired) electrons. The summed E-state index contributed by atoms with van der Waals surface area (Å²) < 4.78 is 5.38. The molecule has 2 nitrogen and oxygen atoms in total. The molecule has 0 aromatic heterocycles. The van der Waals surface area contributed by atoms with Gasteiger partial charge < -0.3 is 4.74 Å². The Labute approximate surface area is 107 Å². The van der Waals surface area contributed by atoms with Gasteiger partial charge in [0.1, 0.15) is 5.75 Å². The fourth-order valence-electron chi connectivity index (χ4n) is 1.92. The Bertz CT molecular complexity index is 624. The summed E-state index contributed by atoms with van der Waals surface area (Å²) in [6.45, 7) is 3.40. The maximum atomic E-state index is 11.4. The maximum absolute atomic E-state index is 11.4. The molecule has 2 aromatic rings. The van der Waals surface area contributed by atoms with Crippen molar-refractivity contribution >= 4 is 22.6 Å². The van der Waals surface area contributed by atoms with Crippen LogP contribution < -0.4 is 4.74 Å². The third-order valence-corrected chi connectivity index (χ3v) is 3.07. The molecule has 2 rings (SSSR count). The van der Waals surface area contributed by atoms with Crippen LogP contribution in [-0.2, 0) is 4.79 Å². The Morgan fingerprint density at radius 1 is 1.11 bits per heavy atom. The highest BCUT2D eigenvalue weighted by Gasteiger charge is 2.07.